The molecule has 0 fully saturated rings. The molecule has 110 valence electrons. The number of esters is 1. The minimum Gasteiger partial charge on any atom is -0.460 e. The Bertz CT molecular complexity index is 642. The van der Waals surface area contributed by atoms with Gasteiger partial charge in [0.05, 0.1) is 5.69 Å². The molecule has 1 aromatic heterocycles. The van der Waals surface area contributed by atoms with Crippen molar-refractivity contribution in [2.75, 3.05) is 0 Å². The molecule has 0 saturated carbocycles. The predicted molar refractivity (Wildman–Crippen MR) is 76.2 cm³/mol. The molecule has 6 heteroatoms. The van der Waals surface area contributed by atoms with Gasteiger partial charge in [-0.1, -0.05) is 12.1 Å². The molecule has 0 spiro atoms. The third-order valence-electron chi connectivity index (χ3n) is 2.58. The molecule has 1 aromatic carbocycles. The molecule has 0 atom stereocenters. The Morgan fingerprint density at radius 1 is 1.29 bits per heavy atom. The summed E-state index contributed by atoms with van der Waals surface area (Å²) in [6.45, 7) is 5.29. The summed E-state index contributed by atoms with van der Waals surface area (Å²) in [6.07, 6.45) is 2.67. The van der Waals surface area contributed by atoms with Crippen LogP contribution in [0.4, 0.5) is 0 Å². The molecule has 0 radical (unpaired) electrons. The van der Waals surface area contributed by atoms with Gasteiger partial charge in [-0.2, -0.15) is 5.10 Å². The van der Waals surface area contributed by atoms with E-state index in [9.17, 15) is 9.59 Å². The lowest BCUT2D eigenvalue weighted by atomic mass is 10.1. The van der Waals surface area contributed by atoms with Gasteiger partial charge in [-0.3, -0.25) is 9.59 Å². The molecule has 0 aliphatic heterocycles. The molecule has 0 saturated heterocycles. The first-order chi connectivity index (χ1) is 9.85. The average Bonchev–Trinajstić information content (AvgIpc) is 2.90. The lowest BCUT2D eigenvalue weighted by Gasteiger charge is -2.19. The van der Waals surface area contributed by atoms with E-state index in [1.807, 2.05) is 0 Å². The number of nitrogens with zero attached hydrogens (tertiary/aromatic N) is 3. The van der Waals surface area contributed by atoms with Crippen LogP contribution in [0.5, 0.6) is 0 Å². The highest BCUT2D eigenvalue weighted by atomic mass is 16.6. The minimum absolute atomic E-state index is 0.280. The summed E-state index contributed by atoms with van der Waals surface area (Å²) in [4.78, 5) is 27.7. The Hall–Kier alpha value is -2.50. The third kappa shape index (κ3) is 4.24. The van der Waals surface area contributed by atoms with Crippen LogP contribution in [0.2, 0.25) is 0 Å². The molecule has 0 bridgehead atoms. The van der Waals surface area contributed by atoms with Gasteiger partial charge >= 0.3 is 5.97 Å². The summed E-state index contributed by atoms with van der Waals surface area (Å²) in [5.41, 5.74) is 0.552. The van der Waals surface area contributed by atoms with E-state index in [2.05, 4.69) is 10.1 Å². The first kappa shape index (κ1) is 14.9. The van der Waals surface area contributed by atoms with E-state index in [-0.39, 0.29) is 12.2 Å². The van der Waals surface area contributed by atoms with Gasteiger partial charge in [0.1, 0.15) is 24.7 Å². The van der Waals surface area contributed by atoms with Crippen LogP contribution in [-0.4, -0.2) is 32.1 Å². The highest BCUT2D eigenvalue weighted by molar-refractivity contribution is 6.06. The van der Waals surface area contributed by atoms with E-state index in [1.165, 1.54) is 12.7 Å². The van der Waals surface area contributed by atoms with Crippen molar-refractivity contribution in [2.24, 2.45) is 0 Å². The van der Waals surface area contributed by atoms with Crippen molar-refractivity contribution in [2.45, 2.75) is 32.8 Å². The smallest absolute Gasteiger partial charge is 0.314 e. The number of hydrogen-bond donors (Lipinski definition) is 0. The molecule has 0 N–H and O–H groups in total. The fraction of sp³-hybridized carbons (Fsp3) is 0.333. The Balaban J connectivity index is 2.10. The van der Waals surface area contributed by atoms with Crippen molar-refractivity contribution >= 4 is 11.8 Å². The fourth-order valence-electron chi connectivity index (χ4n) is 1.77. The van der Waals surface area contributed by atoms with Crippen LogP contribution in [-0.2, 0) is 9.53 Å². The molecule has 2 aromatic rings. The van der Waals surface area contributed by atoms with Crippen LogP contribution in [0.15, 0.2) is 36.9 Å². The maximum Gasteiger partial charge on any atom is 0.314 e. The third-order valence-corrected chi connectivity index (χ3v) is 2.58. The van der Waals surface area contributed by atoms with Crippen molar-refractivity contribution in [3.05, 3.63) is 42.5 Å². The number of ether oxygens (including phenoxy) is 1. The Morgan fingerprint density at radius 3 is 2.67 bits per heavy atom. The largest absolute Gasteiger partial charge is 0.460 e. The standard InChI is InChI=1S/C15H17N3O3/c1-15(2,3)21-14(20)8-13(19)11-5-4-6-12(7-11)18-10-16-9-17-18/h4-7,9-10H,8H2,1-3H3. The summed E-state index contributed by atoms with van der Waals surface area (Å²) in [5, 5.41) is 4.00. The maximum absolute atomic E-state index is 12.1. The Kier molecular flexibility index (Phi) is 4.16. The predicted octanol–water partition coefficient (Wildman–Crippen LogP) is 2.18. The van der Waals surface area contributed by atoms with Crippen LogP contribution in [0, 0.1) is 0 Å². The van der Waals surface area contributed by atoms with Crippen molar-refractivity contribution in [3.63, 3.8) is 0 Å². The molecular weight excluding hydrogens is 270 g/mol. The van der Waals surface area contributed by atoms with Gasteiger partial charge < -0.3 is 4.74 Å². The molecule has 0 aliphatic rings. The molecular formula is C15H17N3O3. The second-order valence-corrected chi connectivity index (χ2v) is 5.58. The first-order valence-corrected chi connectivity index (χ1v) is 6.55. The van der Waals surface area contributed by atoms with E-state index in [0.717, 1.165) is 0 Å². The maximum atomic E-state index is 12.1. The number of aromatic nitrogens is 3. The van der Waals surface area contributed by atoms with E-state index in [4.69, 9.17) is 4.74 Å². The molecule has 0 aliphatic carbocycles. The van der Waals surface area contributed by atoms with Crippen LogP contribution in [0.1, 0.15) is 37.6 Å². The number of benzene rings is 1. The number of carbonyl (C=O) groups excluding carboxylic acids is 2. The van der Waals surface area contributed by atoms with Gasteiger partial charge in [-0.05, 0) is 32.9 Å². The van der Waals surface area contributed by atoms with Gasteiger partial charge in [0.25, 0.3) is 0 Å². The van der Waals surface area contributed by atoms with Crippen LogP contribution in [0.3, 0.4) is 0 Å². The number of ketones is 1. The number of Topliss-reactive ketones (excluding diaryl/α,β-unsaturated/α-hetero) is 1. The first-order valence-electron chi connectivity index (χ1n) is 6.55. The topological polar surface area (TPSA) is 74.1 Å². The molecule has 0 unspecified atom stereocenters. The normalized spacial score (nSPS) is 11.2. The van der Waals surface area contributed by atoms with Crippen molar-refractivity contribution < 1.29 is 14.3 Å². The van der Waals surface area contributed by atoms with E-state index in [0.29, 0.717) is 11.3 Å². The lowest BCUT2D eigenvalue weighted by Crippen LogP contribution is -2.25. The Labute approximate surface area is 122 Å². The van der Waals surface area contributed by atoms with Crippen LogP contribution in [0.25, 0.3) is 5.69 Å². The SMILES string of the molecule is CC(C)(C)OC(=O)CC(=O)c1cccc(-n2cncn2)c1. The van der Waals surface area contributed by atoms with Crippen molar-refractivity contribution in [1.29, 1.82) is 0 Å². The Morgan fingerprint density at radius 2 is 2.05 bits per heavy atom. The molecule has 2 rings (SSSR count). The zero-order valence-electron chi connectivity index (χ0n) is 12.2. The summed E-state index contributed by atoms with van der Waals surface area (Å²) < 4.78 is 6.69. The van der Waals surface area contributed by atoms with Crippen LogP contribution >= 0.6 is 0 Å². The number of carbonyl (C=O) groups is 2. The second kappa shape index (κ2) is 5.87. The summed E-state index contributed by atoms with van der Waals surface area (Å²) in [7, 11) is 0. The fourth-order valence-corrected chi connectivity index (χ4v) is 1.77. The second-order valence-electron chi connectivity index (χ2n) is 5.58. The summed E-state index contributed by atoms with van der Waals surface area (Å²) in [6, 6.07) is 6.87. The summed E-state index contributed by atoms with van der Waals surface area (Å²) >= 11 is 0. The van der Waals surface area contributed by atoms with Crippen molar-refractivity contribution in [1.82, 2.24) is 14.8 Å². The van der Waals surface area contributed by atoms with Gasteiger partial charge in [0, 0.05) is 5.56 Å². The minimum atomic E-state index is -0.597. The van der Waals surface area contributed by atoms with Gasteiger partial charge in [-0.15, -0.1) is 0 Å². The van der Waals surface area contributed by atoms with E-state index >= 15 is 0 Å². The molecule has 6 nitrogen and oxygen atoms in total. The quantitative estimate of drug-likeness (QED) is 0.489. The monoisotopic (exact) mass is 287 g/mol. The highest BCUT2D eigenvalue weighted by Gasteiger charge is 2.19. The van der Waals surface area contributed by atoms with Crippen LogP contribution < -0.4 is 0 Å². The molecule has 21 heavy (non-hydrogen) atoms. The van der Waals surface area contributed by atoms with Gasteiger partial charge in [0.15, 0.2) is 5.78 Å². The number of rotatable bonds is 4. The molecule has 0 amide bonds. The van der Waals surface area contributed by atoms with Crippen molar-refractivity contribution in [3.8, 4) is 5.69 Å². The lowest BCUT2D eigenvalue weighted by molar-refractivity contribution is -0.153. The average molecular weight is 287 g/mol. The zero-order chi connectivity index (χ0) is 15.5. The molecule has 1 heterocycles. The van der Waals surface area contributed by atoms with Gasteiger partial charge in [-0.25, -0.2) is 9.67 Å². The van der Waals surface area contributed by atoms with E-state index < -0.39 is 11.6 Å². The highest BCUT2D eigenvalue weighted by Crippen LogP contribution is 2.13. The zero-order valence-corrected chi connectivity index (χ0v) is 12.2. The number of hydrogen-bond acceptors (Lipinski definition) is 5. The summed E-state index contributed by atoms with van der Waals surface area (Å²) in [5.74, 6) is -0.815. The van der Waals surface area contributed by atoms with E-state index in [1.54, 1.807) is 49.7 Å². The van der Waals surface area contributed by atoms with Gasteiger partial charge in [0.2, 0.25) is 0 Å².